The lowest BCUT2D eigenvalue weighted by Gasteiger charge is -2.39. The maximum absolute atomic E-state index is 14.8. The largest absolute Gasteiger partial charge is 0.386 e. The minimum absolute atomic E-state index is 0.0392. The summed E-state index contributed by atoms with van der Waals surface area (Å²) in [4.78, 5) is 16.9. The zero-order valence-corrected chi connectivity index (χ0v) is 18.0. The fourth-order valence-corrected chi connectivity index (χ4v) is 6.55. The Morgan fingerprint density at radius 3 is 2.53 bits per heavy atom. The summed E-state index contributed by atoms with van der Waals surface area (Å²) in [5, 5.41) is 0. The van der Waals surface area contributed by atoms with Crippen LogP contribution in [0, 0.1) is 17.5 Å². The SMILES string of the molecule is C[C@@]1(c2cc(CC(=O)c3ccc(F)cc3F)ccc2F)CS(=O)(=O)[C@]2(CCOC2)C(N)=N1. The van der Waals surface area contributed by atoms with Gasteiger partial charge in [-0.2, -0.15) is 0 Å². The molecule has 2 aromatic carbocycles. The Balaban J connectivity index is 1.70. The number of hydrogen-bond acceptors (Lipinski definition) is 6. The Morgan fingerprint density at radius 2 is 1.91 bits per heavy atom. The second-order valence-corrected chi connectivity index (χ2v) is 10.7. The van der Waals surface area contributed by atoms with Gasteiger partial charge in [-0.05, 0) is 43.2 Å². The topological polar surface area (TPSA) is 98.8 Å². The van der Waals surface area contributed by atoms with Crippen LogP contribution in [-0.2, 0) is 26.5 Å². The van der Waals surface area contributed by atoms with E-state index >= 15 is 0 Å². The predicted molar refractivity (Wildman–Crippen MR) is 112 cm³/mol. The van der Waals surface area contributed by atoms with Gasteiger partial charge in [0, 0.05) is 24.7 Å². The van der Waals surface area contributed by atoms with Gasteiger partial charge in [0.2, 0.25) is 0 Å². The summed E-state index contributed by atoms with van der Waals surface area (Å²) >= 11 is 0. The highest BCUT2D eigenvalue weighted by atomic mass is 32.2. The van der Waals surface area contributed by atoms with E-state index in [2.05, 4.69) is 4.99 Å². The predicted octanol–water partition coefficient (Wildman–Crippen LogP) is 2.69. The molecule has 170 valence electrons. The van der Waals surface area contributed by atoms with Gasteiger partial charge in [-0.25, -0.2) is 21.6 Å². The van der Waals surface area contributed by atoms with Crippen molar-refractivity contribution in [1.82, 2.24) is 0 Å². The van der Waals surface area contributed by atoms with Crippen LogP contribution < -0.4 is 5.73 Å². The minimum Gasteiger partial charge on any atom is -0.386 e. The van der Waals surface area contributed by atoms with Crippen molar-refractivity contribution in [3.8, 4) is 0 Å². The highest BCUT2D eigenvalue weighted by molar-refractivity contribution is 7.93. The number of amidine groups is 1. The average molecular weight is 466 g/mol. The van der Waals surface area contributed by atoms with Crippen molar-refractivity contribution >= 4 is 21.5 Å². The molecule has 2 aliphatic heterocycles. The van der Waals surface area contributed by atoms with Gasteiger partial charge in [0.25, 0.3) is 0 Å². The molecule has 0 bridgehead atoms. The van der Waals surface area contributed by atoms with E-state index in [9.17, 15) is 26.4 Å². The van der Waals surface area contributed by atoms with Crippen molar-refractivity contribution < 1.29 is 31.1 Å². The molecule has 0 saturated carbocycles. The number of aliphatic imine (C=N–C) groups is 1. The van der Waals surface area contributed by atoms with E-state index in [0.717, 1.165) is 18.2 Å². The molecule has 32 heavy (non-hydrogen) atoms. The van der Waals surface area contributed by atoms with Crippen LogP contribution in [0.15, 0.2) is 41.4 Å². The summed E-state index contributed by atoms with van der Waals surface area (Å²) in [6.07, 6.45) is -0.114. The quantitative estimate of drug-likeness (QED) is 0.699. The molecule has 2 heterocycles. The van der Waals surface area contributed by atoms with E-state index < -0.39 is 49.1 Å². The molecule has 0 unspecified atom stereocenters. The molecule has 2 atom stereocenters. The number of hydrogen-bond donors (Lipinski definition) is 1. The number of nitrogens with two attached hydrogens (primary N) is 1. The number of ketones is 1. The van der Waals surface area contributed by atoms with Gasteiger partial charge in [-0.15, -0.1) is 0 Å². The maximum Gasteiger partial charge on any atom is 0.170 e. The Bertz CT molecular complexity index is 1240. The number of halogens is 3. The number of carbonyl (C=O) groups excluding carboxylic acids is 1. The minimum atomic E-state index is -3.83. The van der Waals surface area contributed by atoms with Gasteiger partial charge in [0.15, 0.2) is 20.4 Å². The van der Waals surface area contributed by atoms with E-state index in [1.54, 1.807) is 0 Å². The van der Waals surface area contributed by atoms with Crippen molar-refractivity contribution in [3.05, 3.63) is 70.5 Å². The first-order valence-electron chi connectivity index (χ1n) is 9.90. The first-order valence-corrected chi connectivity index (χ1v) is 11.6. The highest BCUT2D eigenvalue weighted by Crippen LogP contribution is 2.41. The monoisotopic (exact) mass is 466 g/mol. The molecule has 2 aromatic rings. The standard InChI is InChI=1S/C22H21F3N2O4S/c1-21(12-32(29,30)22(20(26)27-21)6-7-31-11-22)16-8-13(2-5-17(16)24)9-19(28)15-4-3-14(23)10-18(15)25/h2-5,8,10H,6-7,9,11-12H2,1H3,(H2,26,27)/t21-,22-/m0/s1. The molecule has 0 aliphatic carbocycles. The number of sulfone groups is 1. The summed E-state index contributed by atoms with van der Waals surface area (Å²) in [5.74, 6) is -3.75. The first-order chi connectivity index (χ1) is 15.0. The number of rotatable bonds is 4. The fraction of sp³-hybridized carbons (Fsp3) is 0.364. The molecule has 1 fully saturated rings. The van der Waals surface area contributed by atoms with Gasteiger partial charge in [-0.3, -0.25) is 9.79 Å². The average Bonchev–Trinajstić information content (AvgIpc) is 3.19. The lowest BCUT2D eigenvalue weighted by atomic mass is 9.90. The lowest BCUT2D eigenvalue weighted by molar-refractivity contribution is 0.0989. The van der Waals surface area contributed by atoms with Crippen LogP contribution in [0.25, 0.3) is 0 Å². The Hall–Kier alpha value is -2.72. The summed E-state index contributed by atoms with van der Waals surface area (Å²) in [6, 6.07) is 6.41. The van der Waals surface area contributed by atoms with Crippen molar-refractivity contribution in [1.29, 1.82) is 0 Å². The maximum atomic E-state index is 14.8. The highest BCUT2D eigenvalue weighted by Gasteiger charge is 2.57. The van der Waals surface area contributed by atoms with Gasteiger partial charge in [-0.1, -0.05) is 6.07 Å². The molecule has 10 heteroatoms. The first kappa shape index (κ1) is 22.5. The molecule has 6 nitrogen and oxygen atoms in total. The molecule has 2 aliphatic rings. The van der Waals surface area contributed by atoms with Gasteiger partial charge in [0.1, 0.15) is 28.8 Å². The van der Waals surface area contributed by atoms with Crippen LogP contribution in [-0.4, -0.2) is 43.8 Å². The fourth-order valence-electron chi connectivity index (χ4n) is 4.29. The van der Waals surface area contributed by atoms with E-state index in [1.165, 1.54) is 19.1 Å². The molecule has 4 rings (SSSR count). The normalized spacial score (nSPS) is 26.8. The second kappa shape index (κ2) is 7.70. The van der Waals surface area contributed by atoms with E-state index in [-0.39, 0.29) is 43.0 Å². The van der Waals surface area contributed by atoms with Crippen LogP contribution in [0.4, 0.5) is 13.2 Å². The molecule has 2 N–H and O–H groups in total. The van der Waals surface area contributed by atoms with Gasteiger partial charge < -0.3 is 10.5 Å². The van der Waals surface area contributed by atoms with Crippen molar-refractivity contribution in [2.45, 2.75) is 30.1 Å². The van der Waals surface area contributed by atoms with Crippen molar-refractivity contribution in [3.63, 3.8) is 0 Å². The number of carbonyl (C=O) groups is 1. The van der Waals surface area contributed by atoms with Crippen molar-refractivity contribution in [2.75, 3.05) is 19.0 Å². The molecular weight excluding hydrogens is 445 g/mol. The lowest BCUT2D eigenvalue weighted by Crippen LogP contribution is -2.58. The summed E-state index contributed by atoms with van der Waals surface area (Å²) in [7, 11) is -3.83. The number of benzene rings is 2. The molecule has 1 saturated heterocycles. The van der Waals surface area contributed by atoms with Crippen LogP contribution in [0.1, 0.15) is 34.8 Å². The van der Waals surface area contributed by atoms with E-state index in [0.29, 0.717) is 11.6 Å². The molecule has 0 aromatic heterocycles. The van der Waals surface area contributed by atoms with Crippen LogP contribution in [0.2, 0.25) is 0 Å². The molecule has 0 amide bonds. The zero-order chi connectivity index (χ0) is 23.3. The van der Waals surface area contributed by atoms with Crippen molar-refractivity contribution in [2.24, 2.45) is 10.7 Å². The molecule has 0 radical (unpaired) electrons. The zero-order valence-electron chi connectivity index (χ0n) is 17.2. The Kier molecular flexibility index (Phi) is 5.41. The van der Waals surface area contributed by atoms with E-state index in [1.807, 2.05) is 0 Å². The molecule has 1 spiro atoms. The van der Waals surface area contributed by atoms with Crippen LogP contribution >= 0.6 is 0 Å². The third-order valence-electron chi connectivity index (χ3n) is 6.09. The van der Waals surface area contributed by atoms with Gasteiger partial charge >= 0.3 is 0 Å². The molecular formula is C22H21F3N2O4S. The van der Waals surface area contributed by atoms with Gasteiger partial charge in [0.05, 0.1) is 17.9 Å². The van der Waals surface area contributed by atoms with E-state index in [4.69, 9.17) is 10.5 Å². The number of ether oxygens (including phenoxy) is 1. The second-order valence-electron chi connectivity index (χ2n) is 8.37. The van der Waals surface area contributed by atoms with Crippen LogP contribution in [0.3, 0.4) is 0 Å². The number of nitrogens with zero attached hydrogens (tertiary/aromatic N) is 1. The Labute approximate surface area is 183 Å². The summed E-state index contributed by atoms with van der Waals surface area (Å²) in [6.45, 7) is 1.60. The van der Waals surface area contributed by atoms with Crippen LogP contribution in [0.5, 0.6) is 0 Å². The number of Topliss-reactive ketones (excluding diaryl/α,β-unsaturated/α-hetero) is 1. The Morgan fingerprint density at radius 1 is 1.16 bits per heavy atom. The summed E-state index contributed by atoms with van der Waals surface area (Å²) in [5.41, 5.74) is 4.56. The smallest absolute Gasteiger partial charge is 0.170 e. The third-order valence-corrected chi connectivity index (χ3v) is 8.76. The summed E-state index contributed by atoms with van der Waals surface area (Å²) < 4.78 is 72.0. The third kappa shape index (κ3) is 3.61.